The third-order valence-corrected chi connectivity index (χ3v) is 2.76. The summed E-state index contributed by atoms with van der Waals surface area (Å²) in [6.45, 7) is 2.37. The van der Waals surface area contributed by atoms with Gasteiger partial charge in [0.1, 0.15) is 0 Å². The molecule has 1 rings (SSSR count). The Morgan fingerprint density at radius 2 is 2.29 bits per heavy atom. The molecule has 1 saturated heterocycles. The maximum atomic E-state index is 11.8. The highest BCUT2D eigenvalue weighted by Crippen LogP contribution is 2.16. The molecule has 2 atom stereocenters. The van der Waals surface area contributed by atoms with Crippen molar-refractivity contribution in [2.75, 3.05) is 6.54 Å². The predicted octanol–water partition coefficient (Wildman–Crippen LogP) is -0.500. The van der Waals surface area contributed by atoms with Crippen molar-refractivity contribution in [3.63, 3.8) is 0 Å². The lowest BCUT2D eigenvalue weighted by molar-refractivity contribution is -0.149. The molecular weight excluding hydrogens is 184 g/mol. The van der Waals surface area contributed by atoms with E-state index in [1.807, 2.05) is 0 Å². The molecule has 1 aliphatic rings. The fraction of sp³-hybridized carbons (Fsp3) is 0.778. The second-order valence-electron chi connectivity index (χ2n) is 3.64. The number of carboxylic acids is 1. The number of nitrogens with two attached hydrogens (primary N) is 1. The van der Waals surface area contributed by atoms with Crippen LogP contribution in [0.4, 0.5) is 0 Å². The first kappa shape index (κ1) is 11.1. The summed E-state index contributed by atoms with van der Waals surface area (Å²) in [4.78, 5) is 22.6. The van der Waals surface area contributed by atoms with E-state index in [-0.39, 0.29) is 12.5 Å². The molecule has 0 spiro atoms. The molecule has 0 aromatic carbocycles. The second-order valence-corrected chi connectivity index (χ2v) is 3.64. The fourth-order valence-electron chi connectivity index (χ4n) is 1.65. The van der Waals surface area contributed by atoms with Crippen LogP contribution in [-0.2, 0) is 9.59 Å². The molecule has 0 aromatic rings. The SMILES string of the molecule is CCC(N)(C(=O)O)C(=O)[C@H]1CCCN1. The fourth-order valence-corrected chi connectivity index (χ4v) is 1.65. The Labute approximate surface area is 82.7 Å². The van der Waals surface area contributed by atoms with Gasteiger partial charge in [0.05, 0.1) is 6.04 Å². The van der Waals surface area contributed by atoms with Gasteiger partial charge in [-0.25, -0.2) is 4.79 Å². The van der Waals surface area contributed by atoms with E-state index in [2.05, 4.69) is 5.32 Å². The second kappa shape index (κ2) is 4.06. The highest BCUT2D eigenvalue weighted by molar-refractivity contribution is 6.09. The highest BCUT2D eigenvalue weighted by Gasteiger charge is 2.44. The standard InChI is InChI=1S/C9H16N2O3/c1-2-9(10,8(13)14)7(12)6-4-3-5-11-6/h6,11H,2-5,10H2,1H3,(H,13,14)/t6-,9?/m1/s1. The van der Waals surface area contributed by atoms with Crippen molar-refractivity contribution in [1.29, 1.82) is 0 Å². The van der Waals surface area contributed by atoms with Crippen LogP contribution in [-0.4, -0.2) is 35.0 Å². The molecule has 4 N–H and O–H groups in total. The molecule has 0 radical (unpaired) electrons. The van der Waals surface area contributed by atoms with E-state index in [1.165, 1.54) is 0 Å². The van der Waals surface area contributed by atoms with Crippen LogP contribution in [0.5, 0.6) is 0 Å². The molecule has 5 heteroatoms. The molecule has 0 saturated carbocycles. The van der Waals surface area contributed by atoms with Crippen LogP contribution in [0.15, 0.2) is 0 Å². The Morgan fingerprint density at radius 3 is 2.64 bits per heavy atom. The topological polar surface area (TPSA) is 92.4 Å². The summed E-state index contributed by atoms with van der Waals surface area (Å²) in [7, 11) is 0. The van der Waals surface area contributed by atoms with E-state index < -0.39 is 17.3 Å². The summed E-state index contributed by atoms with van der Waals surface area (Å²) in [5, 5.41) is 11.8. The van der Waals surface area contributed by atoms with Crippen molar-refractivity contribution in [1.82, 2.24) is 5.32 Å². The van der Waals surface area contributed by atoms with Gasteiger partial charge in [-0.1, -0.05) is 6.92 Å². The van der Waals surface area contributed by atoms with Gasteiger partial charge in [0.25, 0.3) is 0 Å². The number of ketones is 1. The number of carbonyl (C=O) groups excluding carboxylic acids is 1. The van der Waals surface area contributed by atoms with Gasteiger partial charge in [-0.15, -0.1) is 0 Å². The first-order chi connectivity index (χ1) is 6.52. The predicted molar refractivity (Wildman–Crippen MR) is 50.9 cm³/mol. The zero-order valence-corrected chi connectivity index (χ0v) is 8.25. The summed E-state index contributed by atoms with van der Waals surface area (Å²) >= 11 is 0. The van der Waals surface area contributed by atoms with Crippen molar-refractivity contribution in [3.05, 3.63) is 0 Å². The number of nitrogens with one attached hydrogen (secondary N) is 1. The Balaban J connectivity index is 2.78. The lowest BCUT2D eigenvalue weighted by atomic mass is 9.87. The van der Waals surface area contributed by atoms with E-state index in [9.17, 15) is 9.59 Å². The number of rotatable bonds is 4. The first-order valence-corrected chi connectivity index (χ1v) is 4.82. The van der Waals surface area contributed by atoms with Crippen LogP contribution in [0.1, 0.15) is 26.2 Å². The summed E-state index contributed by atoms with van der Waals surface area (Å²) in [6, 6.07) is -0.379. The molecule has 0 amide bonds. The third-order valence-electron chi connectivity index (χ3n) is 2.76. The molecule has 0 aliphatic carbocycles. The van der Waals surface area contributed by atoms with Crippen LogP contribution >= 0.6 is 0 Å². The summed E-state index contributed by atoms with van der Waals surface area (Å²) < 4.78 is 0. The molecule has 5 nitrogen and oxygen atoms in total. The molecule has 1 heterocycles. The summed E-state index contributed by atoms with van der Waals surface area (Å²) in [5.41, 5.74) is 3.85. The zero-order chi connectivity index (χ0) is 10.8. The van der Waals surface area contributed by atoms with Crippen molar-refractivity contribution in [2.45, 2.75) is 37.8 Å². The van der Waals surface area contributed by atoms with Gasteiger partial charge >= 0.3 is 5.97 Å². The molecule has 0 bridgehead atoms. The first-order valence-electron chi connectivity index (χ1n) is 4.82. The zero-order valence-electron chi connectivity index (χ0n) is 8.25. The minimum absolute atomic E-state index is 0.124. The lowest BCUT2D eigenvalue weighted by Crippen LogP contribution is -2.59. The third kappa shape index (κ3) is 1.78. The van der Waals surface area contributed by atoms with Crippen LogP contribution < -0.4 is 11.1 Å². The van der Waals surface area contributed by atoms with Gasteiger partial charge < -0.3 is 16.2 Å². The van der Waals surface area contributed by atoms with E-state index in [0.717, 1.165) is 13.0 Å². The molecular formula is C9H16N2O3. The number of hydrogen-bond donors (Lipinski definition) is 3. The lowest BCUT2D eigenvalue weighted by Gasteiger charge is -2.24. The molecule has 1 unspecified atom stereocenters. The Morgan fingerprint density at radius 1 is 1.64 bits per heavy atom. The van der Waals surface area contributed by atoms with Crippen LogP contribution in [0.2, 0.25) is 0 Å². The molecule has 1 aliphatic heterocycles. The molecule has 80 valence electrons. The van der Waals surface area contributed by atoms with Gasteiger partial charge in [-0.05, 0) is 25.8 Å². The molecule has 0 aromatic heterocycles. The molecule has 14 heavy (non-hydrogen) atoms. The van der Waals surface area contributed by atoms with Crippen LogP contribution in [0.25, 0.3) is 0 Å². The largest absolute Gasteiger partial charge is 0.480 e. The minimum Gasteiger partial charge on any atom is -0.480 e. The van der Waals surface area contributed by atoms with E-state index in [0.29, 0.717) is 6.42 Å². The van der Waals surface area contributed by atoms with Gasteiger partial charge in [0.15, 0.2) is 11.3 Å². The highest BCUT2D eigenvalue weighted by atomic mass is 16.4. The summed E-state index contributed by atoms with van der Waals surface area (Å²) in [5.74, 6) is -1.64. The van der Waals surface area contributed by atoms with E-state index in [4.69, 9.17) is 10.8 Å². The normalized spacial score (nSPS) is 25.7. The summed E-state index contributed by atoms with van der Waals surface area (Å²) in [6.07, 6.45) is 1.71. The monoisotopic (exact) mass is 200 g/mol. The average Bonchev–Trinajstić information content (AvgIpc) is 2.67. The van der Waals surface area contributed by atoms with Gasteiger partial charge in [-0.3, -0.25) is 4.79 Å². The number of hydrogen-bond acceptors (Lipinski definition) is 4. The number of aliphatic carboxylic acids is 1. The van der Waals surface area contributed by atoms with Gasteiger partial charge in [0.2, 0.25) is 0 Å². The van der Waals surface area contributed by atoms with Crippen LogP contribution in [0.3, 0.4) is 0 Å². The number of carbonyl (C=O) groups is 2. The Kier molecular flexibility index (Phi) is 3.23. The number of Topliss-reactive ketones (excluding diaryl/α,β-unsaturated/α-hetero) is 1. The average molecular weight is 200 g/mol. The maximum absolute atomic E-state index is 11.8. The molecule has 1 fully saturated rings. The van der Waals surface area contributed by atoms with Crippen LogP contribution in [0, 0.1) is 0 Å². The minimum atomic E-state index is -1.72. The van der Waals surface area contributed by atoms with Crippen molar-refractivity contribution >= 4 is 11.8 Å². The maximum Gasteiger partial charge on any atom is 0.331 e. The quantitative estimate of drug-likeness (QED) is 0.532. The van der Waals surface area contributed by atoms with Crippen molar-refractivity contribution < 1.29 is 14.7 Å². The van der Waals surface area contributed by atoms with Crippen molar-refractivity contribution in [3.8, 4) is 0 Å². The van der Waals surface area contributed by atoms with Gasteiger partial charge in [0, 0.05) is 0 Å². The Bertz CT molecular complexity index is 248. The number of carboxylic acid groups (broad SMARTS) is 1. The van der Waals surface area contributed by atoms with E-state index >= 15 is 0 Å². The Hall–Kier alpha value is -0.940. The van der Waals surface area contributed by atoms with Crippen molar-refractivity contribution in [2.24, 2.45) is 5.73 Å². The smallest absolute Gasteiger partial charge is 0.331 e. The van der Waals surface area contributed by atoms with E-state index in [1.54, 1.807) is 6.92 Å². The van der Waals surface area contributed by atoms with Gasteiger partial charge in [-0.2, -0.15) is 0 Å².